The molecule has 1 rings (SSSR count). The monoisotopic (exact) mass is 383 g/mol. The van der Waals surface area contributed by atoms with Crippen molar-refractivity contribution < 1.29 is 0 Å². The van der Waals surface area contributed by atoms with Gasteiger partial charge in [0.15, 0.2) is 6.17 Å². The van der Waals surface area contributed by atoms with Crippen LogP contribution in [-0.2, 0) is 6.42 Å². The molecule has 0 saturated carbocycles. The van der Waals surface area contributed by atoms with Crippen LogP contribution in [0.25, 0.3) is 0 Å². The number of nitriles is 1. The number of rotatable bonds is 11. The fourth-order valence-corrected chi connectivity index (χ4v) is 2.56. The van der Waals surface area contributed by atoms with Crippen LogP contribution in [-0.4, -0.2) is 49.1 Å². The Morgan fingerprint density at radius 3 is 2.71 bits per heavy atom. The third-order valence-corrected chi connectivity index (χ3v) is 4.51. The Kier molecular flexibility index (Phi) is 10.3. The predicted molar refractivity (Wildman–Crippen MR) is 116 cm³/mol. The molecule has 0 aromatic heterocycles. The molecular weight excluding hydrogens is 350 g/mol. The molecule has 28 heavy (non-hydrogen) atoms. The van der Waals surface area contributed by atoms with Gasteiger partial charge in [0.2, 0.25) is 0 Å². The summed E-state index contributed by atoms with van der Waals surface area (Å²) >= 11 is 0. The van der Waals surface area contributed by atoms with Gasteiger partial charge in [0.05, 0.1) is 12.5 Å². The van der Waals surface area contributed by atoms with Crippen LogP contribution in [0, 0.1) is 11.3 Å². The number of hydrogen-bond acceptors (Lipinski definition) is 6. The van der Waals surface area contributed by atoms with Gasteiger partial charge in [0.25, 0.3) is 0 Å². The molecule has 152 valence electrons. The molecule has 7 heteroatoms. The molecule has 0 aliphatic carbocycles. The molecule has 1 aromatic rings. The third-order valence-electron chi connectivity index (χ3n) is 4.51. The molecule has 0 aliphatic rings. The number of hydrazone groups is 1. The van der Waals surface area contributed by atoms with Gasteiger partial charge in [-0.3, -0.25) is 10.0 Å². The van der Waals surface area contributed by atoms with E-state index in [2.05, 4.69) is 39.8 Å². The summed E-state index contributed by atoms with van der Waals surface area (Å²) in [5, 5.41) is 28.9. The number of benzene rings is 1. The zero-order valence-corrected chi connectivity index (χ0v) is 17.9. The molecule has 0 spiro atoms. The SMILES string of the molecule is C/C=N\N(C)C(C)/N=N\N(C)CCC(Nc1cccc(CC#N)c1)/C(C)=C/C. The van der Waals surface area contributed by atoms with Crippen molar-refractivity contribution in [3.8, 4) is 6.07 Å². The van der Waals surface area contributed by atoms with E-state index in [9.17, 15) is 0 Å². The van der Waals surface area contributed by atoms with Crippen molar-refractivity contribution in [2.24, 2.45) is 15.4 Å². The van der Waals surface area contributed by atoms with Crippen LogP contribution in [0.1, 0.15) is 39.7 Å². The van der Waals surface area contributed by atoms with E-state index in [0.29, 0.717) is 6.42 Å². The summed E-state index contributed by atoms with van der Waals surface area (Å²) in [6, 6.07) is 10.4. The fraction of sp³-hybridized carbons (Fsp3) is 0.524. The summed E-state index contributed by atoms with van der Waals surface area (Å²) in [5.74, 6) is 0. The van der Waals surface area contributed by atoms with E-state index in [0.717, 1.165) is 24.2 Å². The summed E-state index contributed by atoms with van der Waals surface area (Å²) in [7, 11) is 3.80. The van der Waals surface area contributed by atoms with E-state index in [-0.39, 0.29) is 12.2 Å². The van der Waals surface area contributed by atoms with E-state index in [1.54, 1.807) is 11.2 Å². The van der Waals surface area contributed by atoms with Crippen LogP contribution < -0.4 is 5.32 Å². The largest absolute Gasteiger partial charge is 0.379 e. The second kappa shape index (κ2) is 12.5. The maximum absolute atomic E-state index is 8.90. The van der Waals surface area contributed by atoms with Crippen LogP contribution in [0.5, 0.6) is 0 Å². The van der Waals surface area contributed by atoms with E-state index >= 15 is 0 Å². The van der Waals surface area contributed by atoms with Gasteiger partial charge in [0, 0.05) is 38.6 Å². The second-order valence-electron chi connectivity index (χ2n) is 6.72. The molecule has 0 amide bonds. The highest BCUT2D eigenvalue weighted by molar-refractivity contribution is 5.52. The number of hydrogen-bond donors (Lipinski definition) is 1. The van der Waals surface area contributed by atoms with Crippen molar-refractivity contribution in [3.63, 3.8) is 0 Å². The zero-order chi connectivity index (χ0) is 20.9. The third kappa shape index (κ3) is 8.21. The predicted octanol–water partition coefficient (Wildman–Crippen LogP) is 4.47. The summed E-state index contributed by atoms with van der Waals surface area (Å²) in [4.78, 5) is 0. The van der Waals surface area contributed by atoms with Crippen molar-refractivity contribution in [1.82, 2.24) is 10.0 Å². The fourth-order valence-electron chi connectivity index (χ4n) is 2.56. The van der Waals surface area contributed by atoms with Crippen molar-refractivity contribution in [2.75, 3.05) is 26.0 Å². The normalized spacial score (nSPS) is 14.1. The Balaban J connectivity index is 2.70. The topological polar surface area (TPSA) is 79.4 Å². The molecule has 7 nitrogen and oxygen atoms in total. The first-order chi connectivity index (χ1) is 13.4. The lowest BCUT2D eigenvalue weighted by Gasteiger charge is -2.23. The molecule has 2 atom stereocenters. The van der Waals surface area contributed by atoms with Gasteiger partial charge in [-0.15, -0.1) is 5.11 Å². The van der Waals surface area contributed by atoms with Crippen LogP contribution >= 0.6 is 0 Å². The molecule has 0 heterocycles. The van der Waals surface area contributed by atoms with Crippen LogP contribution in [0.15, 0.2) is 51.4 Å². The Bertz CT molecular complexity index is 718. The molecule has 0 bridgehead atoms. The second-order valence-corrected chi connectivity index (χ2v) is 6.72. The van der Waals surface area contributed by atoms with Crippen molar-refractivity contribution in [1.29, 1.82) is 5.26 Å². The average molecular weight is 384 g/mol. The molecule has 0 saturated heterocycles. The lowest BCUT2D eigenvalue weighted by Crippen LogP contribution is -2.27. The summed E-state index contributed by atoms with van der Waals surface area (Å²) < 4.78 is 0. The van der Waals surface area contributed by atoms with Gasteiger partial charge in [-0.2, -0.15) is 10.4 Å². The first-order valence-corrected chi connectivity index (χ1v) is 9.59. The lowest BCUT2D eigenvalue weighted by atomic mass is 10.0. The number of anilines is 1. The van der Waals surface area contributed by atoms with E-state index in [1.165, 1.54) is 5.57 Å². The maximum atomic E-state index is 8.90. The van der Waals surface area contributed by atoms with Gasteiger partial charge < -0.3 is 5.32 Å². The standard InChI is InChI=1S/C21H33N7/c1-7-17(3)21(24-20-11-9-10-19(16-20)12-14-22)13-15-27(5)26-25-18(4)28(6)23-8-2/h7-11,16,18,21,24H,12-13,15H2,1-6H3/b17-7+,23-8-,26-25-. The minimum Gasteiger partial charge on any atom is -0.379 e. The number of allylic oxidation sites excluding steroid dienone is 1. The maximum Gasteiger partial charge on any atom is 0.156 e. The highest BCUT2D eigenvalue weighted by atomic mass is 15.6. The Hall–Kier alpha value is -2.88. The average Bonchev–Trinajstić information content (AvgIpc) is 2.69. The summed E-state index contributed by atoms with van der Waals surface area (Å²) in [6.07, 6.45) is 5.04. The Morgan fingerprint density at radius 2 is 2.07 bits per heavy atom. The highest BCUT2D eigenvalue weighted by Gasteiger charge is 2.12. The van der Waals surface area contributed by atoms with Crippen LogP contribution in [0.2, 0.25) is 0 Å². The van der Waals surface area contributed by atoms with Crippen LogP contribution in [0.4, 0.5) is 5.69 Å². The minimum absolute atomic E-state index is 0.118. The van der Waals surface area contributed by atoms with Crippen molar-refractivity contribution >= 4 is 11.9 Å². The lowest BCUT2D eigenvalue weighted by molar-refractivity contribution is 0.239. The van der Waals surface area contributed by atoms with Gasteiger partial charge in [0.1, 0.15) is 0 Å². The smallest absolute Gasteiger partial charge is 0.156 e. The minimum atomic E-state index is -0.118. The molecular formula is C21H33N7. The zero-order valence-electron chi connectivity index (χ0n) is 17.9. The first-order valence-electron chi connectivity index (χ1n) is 9.59. The van der Waals surface area contributed by atoms with Crippen molar-refractivity contribution in [2.45, 2.75) is 52.7 Å². The van der Waals surface area contributed by atoms with E-state index in [4.69, 9.17) is 5.26 Å². The summed E-state index contributed by atoms with van der Waals surface area (Å²) in [6.45, 7) is 8.76. The Labute approximate surface area is 169 Å². The van der Waals surface area contributed by atoms with Gasteiger partial charge in [-0.25, -0.2) is 0 Å². The first kappa shape index (κ1) is 23.2. The quantitative estimate of drug-likeness (QED) is 0.265. The molecule has 0 radical (unpaired) electrons. The molecule has 1 N–H and O–H groups in total. The number of nitrogens with zero attached hydrogens (tertiary/aromatic N) is 6. The number of nitrogens with one attached hydrogen (secondary N) is 1. The van der Waals surface area contributed by atoms with Gasteiger partial charge >= 0.3 is 0 Å². The molecule has 1 aromatic carbocycles. The molecule has 0 fully saturated rings. The van der Waals surface area contributed by atoms with Gasteiger partial charge in [-0.05, 0) is 51.8 Å². The molecule has 0 aliphatic heterocycles. The van der Waals surface area contributed by atoms with Crippen molar-refractivity contribution in [3.05, 3.63) is 41.5 Å². The van der Waals surface area contributed by atoms with E-state index in [1.807, 2.05) is 64.1 Å². The Morgan fingerprint density at radius 1 is 1.32 bits per heavy atom. The van der Waals surface area contributed by atoms with E-state index < -0.39 is 0 Å². The van der Waals surface area contributed by atoms with Gasteiger partial charge in [-0.1, -0.05) is 29.0 Å². The van der Waals surface area contributed by atoms with Crippen LogP contribution in [0.3, 0.4) is 0 Å². The highest BCUT2D eigenvalue weighted by Crippen LogP contribution is 2.17. The summed E-state index contributed by atoms with van der Waals surface area (Å²) in [5.41, 5.74) is 3.31. The molecule has 2 unspecified atom stereocenters.